The van der Waals surface area contributed by atoms with E-state index in [1.54, 1.807) is 6.07 Å². The van der Waals surface area contributed by atoms with Gasteiger partial charge in [-0.05, 0) is 30.3 Å². The molecule has 4 aromatic rings. The van der Waals surface area contributed by atoms with Crippen LogP contribution in [-0.2, 0) is 0 Å². The van der Waals surface area contributed by atoms with Gasteiger partial charge in [-0.3, -0.25) is 0 Å². The normalized spacial score (nSPS) is 10.4. The molecule has 114 valence electrons. The van der Waals surface area contributed by atoms with Crippen molar-refractivity contribution in [2.24, 2.45) is 0 Å². The molecular weight excluding hydrogens is 297 g/mol. The summed E-state index contributed by atoms with van der Waals surface area (Å²) in [6.07, 6.45) is 0. The van der Waals surface area contributed by atoms with Crippen molar-refractivity contribution in [1.82, 2.24) is 4.98 Å². The Bertz CT molecular complexity index is 1070. The van der Waals surface area contributed by atoms with Crippen LogP contribution in [0.1, 0.15) is 11.1 Å². The van der Waals surface area contributed by atoms with Crippen LogP contribution in [-0.4, -0.2) is 4.98 Å². The number of nitrogens with one attached hydrogen (secondary N) is 1. The number of para-hydroxylation sites is 1. The van der Waals surface area contributed by atoms with E-state index in [1.807, 2.05) is 60.7 Å². The number of fused-ring (bicyclic) bond motifs is 1. The van der Waals surface area contributed by atoms with Crippen LogP contribution in [0, 0.1) is 17.7 Å². The van der Waals surface area contributed by atoms with E-state index in [2.05, 4.69) is 16.8 Å². The fraction of sp³-hybridized carbons (Fsp3) is 0. The van der Waals surface area contributed by atoms with Gasteiger partial charge in [0.2, 0.25) is 0 Å². The third-order valence-electron chi connectivity index (χ3n) is 3.92. The Balaban J connectivity index is 1.93. The molecule has 24 heavy (non-hydrogen) atoms. The van der Waals surface area contributed by atoms with E-state index in [0.717, 1.165) is 33.3 Å². The van der Waals surface area contributed by atoms with Crippen molar-refractivity contribution >= 4 is 10.9 Å². The summed E-state index contributed by atoms with van der Waals surface area (Å²) in [5.41, 5.74) is 4.48. The Kier molecular flexibility index (Phi) is 3.61. The predicted octanol–water partition coefficient (Wildman–Crippen LogP) is 5.37. The van der Waals surface area contributed by atoms with Gasteiger partial charge < -0.3 is 4.98 Å². The van der Waals surface area contributed by atoms with Gasteiger partial charge in [0.05, 0.1) is 11.3 Å². The van der Waals surface area contributed by atoms with E-state index in [9.17, 15) is 4.39 Å². The number of hydrogen-bond donors (Lipinski definition) is 1. The molecule has 1 aromatic heterocycles. The molecule has 2 heteroatoms. The van der Waals surface area contributed by atoms with Crippen LogP contribution in [0.2, 0.25) is 0 Å². The second-order valence-corrected chi connectivity index (χ2v) is 5.55. The minimum atomic E-state index is -0.256. The third kappa shape index (κ3) is 2.68. The molecule has 0 atom stereocenters. The average molecular weight is 311 g/mol. The van der Waals surface area contributed by atoms with Crippen molar-refractivity contribution in [1.29, 1.82) is 0 Å². The summed E-state index contributed by atoms with van der Waals surface area (Å²) in [6, 6.07) is 24.4. The summed E-state index contributed by atoms with van der Waals surface area (Å²) in [7, 11) is 0. The Hall–Kier alpha value is -3.31. The van der Waals surface area contributed by atoms with Crippen molar-refractivity contribution in [2.45, 2.75) is 0 Å². The number of aromatic amines is 1. The molecule has 0 unspecified atom stereocenters. The predicted molar refractivity (Wildman–Crippen MR) is 96.1 cm³/mol. The summed E-state index contributed by atoms with van der Waals surface area (Å²) >= 11 is 0. The summed E-state index contributed by atoms with van der Waals surface area (Å²) in [5, 5.41) is 1.04. The first-order chi connectivity index (χ1) is 11.8. The van der Waals surface area contributed by atoms with Crippen LogP contribution >= 0.6 is 0 Å². The maximum absolute atomic E-state index is 13.6. The smallest absolute Gasteiger partial charge is 0.123 e. The average Bonchev–Trinajstić information content (AvgIpc) is 2.99. The lowest BCUT2D eigenvalue weighted by Gasteiger charge is -2.00. The molecule has 1 heterocycles. The largest absolute Gasteiger partial charge is 0.353 e. The standard InChI is InChI=1S/C22H14FN/c23-18-10-6-9-17(15-18)22-20(14-13-16-7-2-1-3-8-16)19-11-4-5-12-21(19)24-22/h1-12,15,24H. The molecule has 0 aliphatic rings. The lowest BCUT2D eigenvalue weighted by atomic mass is 10.0. The minimum Gasteiger partial charge on any atom is -0.353 e. The number of H-pyrrole nitrogens is 1. The van der Waals surface area contributed by atoms with E-state index in [1.165, 1.54) is 12.1 Å². The van der Waals surface area contributed by atoms with Gasteiger partial charge in [0.25, 0.3) is 0 Å². The van der Waals surface area contributed by atoms with Crippen LogP contribution in [0.4, 0.5) is 4.39 Å². The quantitative estimate of drug-likeness (QED) is 0.455. The molecule has 4 rings (SSSR count). The summed E-state index contributed by atoms with van der Waals surface area (Å²) < 4.78 is 13.6. The van der Waals surface area contributed by atoms with Crippen LogP contribution in [0.3, 0.4) is 0 Å². The van der Waals surface area contributed by atoms with Crippen molar-refractivity contribution < 1.29 is 4.39 Å². The number of benzene rings is 3. The van der Waals surface area contributed by atoms with E-state index in [0.29, 0.717) is 0 Å². The minimum absolute atomic E-state index is 0.256. The molecule has 0 saturated heterocycles. The maximum atomic E-state index is 13.6. The van der Waals surface area contributed by atoms with Crippen molar-refractivity contribution in [2.75, 3.05) is 0 Å². The fourth-order valence-corrected chi connectivity index (χ4v) is 2.79. The van der Waals surface area contributed by atoms with Crippen molar-refractivity contribution in [3.8, 4) is 23.1 Å². The van der Waals surface area contributed by atoms with Gasteiger partial charge in [0, 0.05) is 22.0 Å². The first kappa shape index (κ1) is 14.3. The number of hydrogen-bond acceptors (Lipinski definition) is 0. The molecular formula is C22H14FN. The van der Waals surface area contributed by atoms with Crippen molar-refractivity contribution in [3.05, 3.63) is 95.8 Å². The number of aromatic nitrogens is 1. The Labute approximate surface area is 139 Å². The second-order valence-electron chi connectivity index (χ2n) is 5.55. The Morgan fingerprint density at radius 2 is 1.54 bits per heavy atom. The summed E-state index contributed by atoms with van der Waals surface area (Å²) in [5.74, 6) is 6.21. The molecule has 0 radical (unpaired) electrons. The molecule has 3 aromatic carbocycles. The topological polar surface area (TPSA) is 15.8 Å². The van der Waals surface area contributed by atoms with Crippen LogP contribution in [0.5, 0.6) is 0 Å². The fourth-order valence-electron chi connectivity index (χ4n) is 2.79. The van der Waals surface area contributed by atoms with E-state index in [-0.39, 0.29) is 5.82 Å². The SMILES string of the molecule is Fc1cccc(-c2[nH]c3ccccc3c2C#Cc2ccccc2)c1. The van der Waals surface area contributed by atoms with E-state index in [4.69, 9.17) is 0 Å². The first-order valence-corrected chi connectivity index (χ1v) is 7.75. The molecule has 0 bridgehead atoms. The van der Waals surface area contributed by atoms with Crippen LogP contribution < -0.4 is 0 Å². The lowest BCUT2D eigenvalue weighted by molar-refractivity contribution is 0.628. The van der Waals surface area contributed by atoms with Gasteiger partial charge in [-0.2, -0.15) is 0 Å². The lowest BCUT2D eigenvalue weighted by Crippen LogP contribution is -1.84. The second kappa shape index (κ2) is 6.06. The number of halogens is 1. The highest BCUT2D eigenvalue weighted by Gasteiger charge is 2.11. The zero-order valence-electron chi connectivity index (χ0n) is 12.9. The number of rotatable bonds is 1. The third-order valence-corrected chi connectivity index (χ3v) is 3.92. The van der Waals surface area contributed by atoms with Gasteiger partial charge in [-0.1, -0.05) is 60.4 Å². The van der Waals surface area contributed by atoms with E-state index >= 15 is 0 Å². The molecule has 0 aliphatic carbocycles. The highest BCUT2D eigenvalue weighted by atomic mass is 19.1. The zero-order valence-corrected chi connectivity index (χ0v) is 12.9. The van der Waals surface area contributed by atoms with Gasteiger partial charge in [-0.25, -0.2) is 4.39 Å². The highest BCUT2D eigenvalue weighted by Crippen LogP contribution is 2.30. The zero-order chi connectivity index (χ0) is 16.4. The molecule has 0 saturated carbocycles. The van der Waals surface area contributed by atoms with Gasteiger partial charge in [0.15, 0.2) is 0 Å². The molecule has 0 spiro atoms. The van der Waals surface area contributed by atoms with Crippen molar-refractivity contribution in [3.63, 3.8) is 0 Å². The van der Waals surface area contributed by atoms with Gasteiger partial charge in [0.1, 0.15) is 5.82 Å². The molecule has 0 fully saturated rings. The van der Waals surface area contributed by atoms with Gasteiger partial charge >= 0.3 is 0 Å². The van der Waals surface area contributed by atoms with Crippen LogP contribution in [0.15, 0.2) is 78.9 Å². The Morgan fingerprint density at radius 3 is 2.38 bits per heavy atom. The summed E-state index contributed by atoms with van der Waals surface area (Å²) in [6.45, 7) is 0. The summed E-state index contributed by atoms with van der Waals surface area (Å²) in [4.78, 5) is 3.37. The van der Waals surface area contributed by atoms with Crippen LogP contribution in [0.25, 0.3) is 22.2 Å². The highest BCUT2D eigenvalue weighted by molar-refractivity contribution is 5.94. The molecule has 0 aliphatic heterocycles. The molecule has 0 amide bonds. The maximum Gasteiger partial charge on any atom is 0.123 e. The molecule has 1 N–H and O–H groups in total. The monoisotopic (exact) mass is 311 g/mol. The van der Waals surface area contributed by atoms with Gasteiger partial charge in [-0.15, -0.1) is 0 Å². The Morgan fingerprint density at radius 1 is 0.750 bits per heavy atom. The first-order valence-electron chi connectivity index (χ1n) is 7.75. The van der Waals surface area contributed by atoms with E-state index < -0.39 is 0 Å². The molecule has 1 nitrogen and oxygen atoms in total.